The maximum atomic E-state index is 12.1. The van der Waals surface area contributed by atoms with E-state index in [1.54, 1.807) is 0 Å². The molecule has 0 rings (SSSR count). The van der Waals surface area contributed by atoms with E-state index in [2.05, 4.69) is 29.2 Å². The number of aliphatic hydroxyl groups excluding tert-OH is 2. The Morgan fingerprint density at radius 2 is 1.23 bits per heavy atom. The summed E-state index contributed by atoms with van der Waals surface area (Å²) < 4.78 is 23.9. The van der Waals surface area contributed by atoms with E-state index in [-0.39, 0.29) is 0 Å². The lowest BCUT2D eigenvalue weighted by atomic mass is 10.1. The molecule has 0 aromatic heterocycles. The van der Waals surface area contributed by atoms with E-state index < -0.39 is 73.9 Å². The molecule has 0 saturated carbocycles. The van der Waals surface area contributed by atoms with Crippen LogP contribution in [0.4, 0.5) is 0 Å². The van der Waals surface area contributed by atoms with Crippen LogP contribution in [-0.4, -0.2) is 78.3 Å². The van der Waals surface area contributed by atoms with Crippen molar-refractivity contribution >= 4 is 23.9 Å². The number of aliphatic hydroxyl groups is 2. The van der Waals surface area contributed by atoms with Crippen molar-refractivity contribution < 1.29 is 53.1 Å². The first-order valence-corrected chi connectivity index (χ1v) is 8.59. The van der Waals surface area contributed by atoms with Gasteiger partial charge in [0, 0.05) is 12.2 Å². The first-order chi connectivity index (χ1) is 13.9. The van der Waals surface area contributed by atoms with Gasteiger partial charge in [0.2, 0.25) is 5.60 Å². The molecule has 0 amide bonds. The summed E-state index contributed by atoms with van der Waals surface area (Å²) in [5, 5.41) is 19.2. The van der Waals surface area contributed by atoms with Crippen LogP contribution >= 0.6 is 0 Å². The molecule has 0 heterocycles. The number of carbonyl (C=O) groups excluding carboxylic acids is 4. The monoisotopic (exact) mass is 430 g/mol. The lowest BCUT2D eigenvalue weighted by molar-refractivity contribution is -0.171. The molecule has 0 aromatic carbocycles. The van der Waals surface area contributed by atoms with Gasteiger partial charge in [-0.25, -0.2) is 19.2 Å². The Morgan fingerprint density at radius 3 is 1.67 bits per heavy atom. The minimum Gasteiger partial charge on any atom is -0.469 e. The van der Waals surface area contributed by atoms with Crippen LogP contribution < -0.4 is 0 Å². The Morgan fingerprint density at radius 1 is 0.833 bits per heavy atom. The highest BCUT2D eigenvalue weighted by Gasteiger charge is 2.34. The van der Waals surface area contributed by atoms with E-state index in [9.17, 15) is 29.4 Å². The molecule has 0 aliphatic heterocycles. The molecule has 0 saturated heterocycles. The van der Waals surface area contributed by atoms with Gasteiger partial charge in [0.15, 0.2) is 5.76 Å². The minimum atomic E-state index is -1.67. The van der Waals surface area contributed by atoms with Crippen LogP contribution in [0.2, 0.25) is 0 Å². The van der Waals surface area contributed by atoms with Crippen molar-refractivity contribution in [2.24, 2.45) is 0 Å². The smallest absolute Gasteiger partial charge is 0.373 e. The van der Waals surface area contributed by atoms with Gasteiger partial charge in [-0.3, -0.25) is 0 Å². The maximum Gasteiger partial charge on any atom is 0.373 e. The fourth-order valence-electron chi connectivity index (χ4n) is 1.56. The lowest BCUT2D eigenvalue weighted by Gasteiger charge is -2.25. The third-order valence-electron chi connectivity index (χ3n) is 3.08. The van der Waals surface area contributed by atoms with Crippen LogP contribution in [0.3, 0.4) is 0 Å². The van der Waals surface area contributed by atoms with Gasteiger partial charge in [-0.15, -0.1) is 0 Å². The van der Waals surface area contributed by atoms with Gasteiger partial charge in [-0.1, -0.05) is 13.2 Å². The first kappa shape index (κ1) is 26.8. The number of ether oxygens (including phenoxy) is 5. The Bertz CT molecular complexity index is 665. The molecule has 0 bridgehead atoms. The minimum absolute atomic E-state index is 0.414. The molecule has 168 valence electrons. The van der Waals surface area contributed by atoms with E-state index in [0.29, 0.717) is 0 Å². The molecule has 0 aliphatic carbocycles. The molecule has 2 N–H and O–H groups in total. The van der Waals surface area contributed by atoms with Crippen molar-refractivity contribution in [3.8, 4) is 0 Å². The van der Waals surface area contributed by atoms with E-state index in [1.165, 1.54) is 13.8 Å². The zero-order valence-corrected chi connectivity index (χ0v) is 16.8. The molecular weight excluding hydrogens is 404 g/mol. The molecule has 0 fully saturated rings. The second-order valence-corrected chi connectivity index (χ2v) is 6.21. The number of hydrogen-bond donors (Lipinski definition) is 2. The van der Waals surface area contributed by atoms with E-state index in [4.69, 9.17) is 14.2 Å². The zero-order valence-electron chi connectivity index (χ0n) is 16.8. The summed E-state index contributed by atoms with van der Waals surface area (Å²) in [5.74, 6) is -4.06. The van der Waals surface area contributed by atoms with Crippen LogP contribution in [-0.2, 0) is 42.9 Å². The summed E-state index contributed by atoms with van der Waals surface area (Å²) in [6.45, 7) is 10.4. The quantitative estimate of drug-likeness (QED) is 0.159. The highest BCUT2D eigenvalue weighted by molar-refractivity contribution is 5.87. The van der Waals surface area contributed by atoms with Crippen molar-refractivity contribution in [2.75, 3.05) is 26.4 Å². The largest absolute Gasteiger partial charge is 0.469 e. The third kappa shape index (κ3) is 11.0. The predicted molar refractivity (Wildman–Crippen MR) is 101 cm³/mol. The standard InChI is InChI=1S/C19H26O11/c1-6-15(22)26-8-13(20)10-28-17(24)12(3)30-19(4,5)18(25)29-11-14(21)9-27-16(23)7-2/h6-7,13-14,20-21H,1-3,8-11H2,4-5H3. The van der Waals surface area contributed by atoms with Crippen LogP contribution in [0.25, 0.3) is 0 Å². The summed E-state index contributed by atoms with van der Waals surface area (Å²) in [7, 11) is 0. The third-order valence-corrected chi connectivity index (χ3v) is 3.08. The van der Waals surface area contributed by atoms with Gasteiger partial charge in [0.25, 0.3) is 0 Å². The Balaban J connectivity index is 4.41. The van der Waals surface area contributed by atoms with Crippen molar-refractivity contribution in [3.63, 3.8) is 0 Å². The number of carbonyl (C=O) groups is 4. The summed E-state index contributed by atoms with van der Waals surface area (Å²) >= 11 is 0. The molecule has 0 aromatic rings. The van der Waals surface area contributed by atoms with Gasteiger partial charge < -0.3 is 33.9 Å². The zero-order chi connectivity index (χ0) is 23.3. The van der Waals surface area contributed by atoms with Gasteiger partial charge in [0.05, 0.1) is 0 Å². The predicted octanol–water partition coefficient (Wildman–Crippen LogP) is -0.438. The van der Waals surface area contributed by atoms with Gasteiger partial charge in [0.1, 0.15) is 38.6 Å². The summed E-state index contributed by atoms with van der Waals surface area (Å²) in [6, 6.07) is 0. The van der Waals surface area contributed by atoms with Crippen molar-refractivity contribution in [1.82, 2.24) is 0 Å². The SMILES string of the molecule is C=CC(=O)OCC(O)COC(=O)C(=C)OC(C)(C)C(=O)OCC(O)COC(=O)C=C. The number of esters is 4. The van der Waals surface area contributed by atoms with Crippen LogP contribution in [0.1, 0.15) is 13.8 Å². The summed E-state index contributed by atoms with van der Waals surface area (Å²) in [4.78, 5) is 45.7. The molecule has 0 spiro atoms. The molecule has 2 unspecified atom stereocenters. The molecule has 2 atom stereocenters. The van der Waals surface area contributed by atoms with Crippen LogP contribution in [0, 0.1) is 0 Å². The molecule has 30 heavy (non-hydrogen) atoms. The molecule has 0 aliphatic rings. The fourth-order valence-corrected chi connectivity index (χ4v) is 1.56. The Labute approximate surface area is 173 Å². The fraction of sp³-hybridized carbons (Fsp3) is 0.474. The second kappa shape index (κ2) is 13.1. The average Bonchev–Trinajstić information content (AvgIpc) is 2.71. The van der Waals surface area contributed by atoms with Gasteiger partial charge in [-0.05, 0) is 20.4 Å². The average molecular weight is 430 g/mol. The second-order valence-electron chi connectivity index (χ2n) is 6.21. The van der Waals surface area contributed by atoms with Crippen LogP contribution in [0.15, 0.2) is 37.6 Å². The molecule has 0 radical (unpaired) electrons. The van der Waals surface area contributed by atoms with Gasteiger partial charge in [-0.2, -0.15) is 0 Å². The summed E-state index contributed by atoms with van der Waals surface area (Å²) in [5.41, 5.74) is -1.67. The lowest BCUT2D eigenvalue weighted by Crippen LogP contribution is -2.39. The Hall–Kier alpha value is -3.18. The van der Waals surface area contributed by atoms with E-state index in [1.807, 2.05) is 0 Å². The van der Waals surface area contributed by atoms with Crippen LogP contribution in [0.5, 0.6) is 0 Å². The van der Waals surface area contributed by atoms with Crippen molar-refractivity contribution in [1.29, 1.82) is 0 Å². The maximum absolute atomic E-state index is 12.1. The summed E-state index contributed by atoms with van der Waals surface area (Å²) in [6.07, 6.45) is -0.755. The van der Waals surface area contributed by atoms with Crippen molar-refractivity contribution in [3.05, 3.63) is 37.6 Å². The molecule has 11 heteroatoms. The highest BCUT2D eigenvalue weighted by Crippen LogP contribution is 2.17. The van der Waals surface area contributed by atoms with Gasteiger partial charge >= 0.3 is 23.9 Å². The molecule has 11 nitrogen and oxygen atoms in total. The Kier molecular flexibility index (Phi) is 11.7. The normalized spacial score (nSPS) is 12.5. The van der Waals surface area contributed by atoms with E-state index >= 15 is 0 Å². The topological polar surface area (TPSA) is 155 Å². The van der Waals surface area contributed by atoms with Crippen molar-refractivity contribution in [2.45, 2.75) is 31.7 Å². The number of hydrogen-bond acceptors (Lipinski definition) is 11. The first-order valence-electron chi connectivity index (χ1n) is 8.59. The number of rotatable bonds is 14. The van der Waals surface area contributed by atoms with E-state index in [0.717, 1.165) is 12.2 Å². The molecular formula is C19H26O11. The highest BCUT2D eigenvalue weighted by atomic mass is 16.6.